The van der Waals surface area contributed by atoms with E-state index in [9.17, 15) is 4.79 Å². The molecule has 2 unspecified atom stereocenters. The Balaban J connectivity index is 1.82. The van der Waals surface area contributed by atoms with Crippen molar-refractivity contribution < 1.29 is 4.79 Å². The van der Waals surface area contributed by atoms with E-state index in [0.717, 1.165) is 50.1 Å². The monoisotopic (exact) mass is 251 g/mol. The Morgan fingerprint density at radius 1 is 1.39 bits per heavy atom. The van der Waals surface area contributed by atoms with Crippen molar-refractivity contribution in [3.8, 4) is 0 Å². The number of likely N-dealkylation sites (N-methyl/N-ethyl adjacent to an activating group) is 1. The van der Waals surface area contributed by atoms with Crippen LogP contribution in [0.5, 0.6) is 0 Å². The Morgan fingerprint density at radius 2 is 2.00 bits per heavy atom. The number of carbonyl (C=O) groups is 1. The Hall–Kier alpha value is -0.870. The maximum Gasteiger partial charge on any atom is 0.237 e. The van der Waals surface area contributed by atoms with Crippen LogP contribution in [0.3, 0.4) is 0 Å². The van der Waals surface area contributed by atoms with Crippen LogP contribution in [0, 0.1) is 11.8 Å². The molecule has 0 aromatic heterocycles. The summed E-state index contributed by atoms with van der Waals surface area (Å²) in [5, 5.41) is 3.42. The standard InChI is InChI=1S/C14H25N3O/c1-4-17(7-11(2)3)14(18)10-16-8-12-5-15-6-13(12)9-16/h12-13,15H,2,4-10H2,1,3H3. The van der Waals surface area contributed by atoms with Gasteiger partial charge in [-0.15, -0.1) is 0 Å². The molecular weight excluding hydrogens is 226 g/mol. The fraction of sp³-hybridized carbons (Fsp3) is 0.786. The summed E-state index contributed by atoms with van der Waals surface area (Å²) in [7, 11) is 0. The lowest BCUT2D eigenvalue weighted by Gasteiger charge is -2.24. The predicted octanol–water partition coefficient (Wildman–Crippen LogP) is 0.562. The van der Waals surface area contributed by atoms with E-state index >= 15 is 0 Å². The van der Waals surface area contributed by atoms with Gasteiger partial charge in [0, 0.05) is 26.2 Å². The summed E-state index contributed by atoms with van der Waals surface area (Å²) in [4.78, 5) is 16.4. The maximum atomic E-state index is 12.2. The fourth-order valence-corrected chi connectivity index (χ4v) is 3.08. The molecular formula is C14H25N3O. The highest BCUT2D eigenvalue weighted by molar-refractivity contribution is 5.78. The second-order valence-corrected chi connectivity index (χ2v) is 5.74. The molecule has 2 saturated heterocycles. The van der Waals surface area contributed by atoms with Gasteiger partial charge in [0.25, 0.3) is 0 Å². The number of carbonyl (C=O) groups excluding carboxylic acids is 1. The van der Waals surface area contributed by atoms with E-state index in [0.29, 0.717) is 13.1 Å². The number of hydrogen-bond acceptors (Lipinski definition) is 3. The second kappa shape index (κ2) is 5.85. The van der Waals surface area contributed by atoms with Crippen molar-refractivity contribution in [1.82, 2.24) is 15.1 Å². The Labute approximate surface area is 110 Å². The molecule has 2 aliphatic rings. The van der Waals surface area contributed by atoms with Crippen molar-refractivity contribution >= 4 is 5.91 Å². The van der Waals surface area contributed by atoms with Crippen LogP contribution in [0.1, 0.15) is 13.8 Å². The zero-order chi connectivity index (χ0) is 13.1. The first kappa shape index (κ1) is 13.6. The highest BCUT2D eigenvalue weighted by atomic mass is 16.2. The first-order valence-corrected chi connectivity index (χ1v) is 6.95. The smallest absolute Gasteiger partial charge is 0.237 e. The van der Waals surface area contributed by atoms with Crippen LogP contribution in [0.15, 0.2) is 12.2 Å². The molecule has 2 atom stereocenters. The lowest BCUT2D eigenvalue weighted by Crippen LogP contribution is -2.41. The van der Waals surface area contributed by atoms with E-state index in [-0.39, 0.29) is 5.91 Å². The highest BCUT2D eigenvalue weighted by Gasteiger charge is 2.36. The highest BCUT2D eigenvalue weighted by Crippen LogP contribution is 2.25. The molecule has 0 aromatic rings. The third-order valence-electron chi connectivity index (χ3n) is 4.02. The number of likely N-dealkylation sites (tertiary alicyclic amines) is 1. The Kier molecular flexibility index (Phi) is 4.40. The normalized spacial score (nSPS) is 27.2. The molecule has 2 rings (SSSR count). The van der Waals surface area contributed by atoms with E-state index in [1.54, 1.807) is 0 Å². The summed E-state index contributed by atoms with van der Waals surface area (Å²) in [6.07, 6.45) is 0. The number of nitrogens with one attached hydrogen (secondary N) is 1. The van der Waals surface area contributed by atoms with Crippen molar-refractivity contribution in [3.05, 3.63) is 12.2 Å². The van der Waals surface area contributed by atoms with Gasteiger partial charge < -0.3 is 10.2 Å². The summed E-state index contributed by atoms with van der Waals surface area (Å²) in [6.45, 7) is 14.3. The van der Waals surface area contributed by atoms with Crippen LogP contribution in [0.4, 0.5) is 0 Å². The maximum absolute atomic E-state index is 12.2. The summed E-state index contributed by atoms with van der Waals surface area (Å²) >= 11 is 0. The quantitative estimate of drug-likeness (QED) is 0.725. The first-order chi connectivity index (χ1) is 8.60. The fourth-order valence-electron chi connectivity index (χ4n) is 3.08. The average molecular weight is 251 g/mol. The molecule has 4 heteroatoms. The number of fused-ring (bicyclic) bond motifs is 1. The van der Waals surface area contributed by atoms with Crippen molar-refractivity contribution in [2.45, 2.75) is 13.8 Å². The SMILES string of the molecule is C=C(C)CN(CC)C(=O)CN1CC2CNCC2C1. The molecule has 0 spiro atoms. The van der Waals surface area contributed by atoms with E-state index < -0.39 is 0 Å². The van der Waals surface area contributed by atoms with Crippen molar-refractivity contribution in [1.29, 1.82) is 0 Å². The molecule has 0 saturated carbocycles. The lowest BCUT2D eigenvalue weighted by molar-refractivity contribution is -0.131. The molecule has 2 fully saturated rings. The molecule has 0 bridgehead atoms. The van der Waals surface area contributed by atoms with Gasteiger partial charge in [0.05, 0.1) is 6.54 Å². The summed E-state index contributed by atoms with van der Waals surface area (Å²) in [5.41, 5.74) is 1.05. The Bertz CT molecular complexity index is 317. The van der Waals surface area contributed by atoms with Crippen LogP contribution < -0.4 is 5.32 Å². The number of hydrogen-bond donors (Lipinski definition) is 1. The molecule has 0 radical (unpaired) electrons. The van der Waals surface area contributed by atoms with E-state index in [4.69, 9.17) is 0 Å². The van der Waals surface area contributed by atoms with Gasteiger partial charge in [0.15, 0.2) is 0 Å². The molecule has 1 N–H and O–H groups in total. The van der Waals surface area contributed by atoms with Crippen LogP contribution in [0.2, 0.25) is 0 Å². The third kappa shape index (κ3) is 3.12. The molecule has 1 amide bonds. The van der Waals surface area contributed by atoms with Crippen LogP contribution in [-0.4, -0.2) is 61.5 Å². The van der Waals surface area contributed by atoms with Gasteiger partial charge in [-0.1, -0.05) is 12.2 Å². The third-order valence-corrected chi connectivity index (χ3v) is 4.02. The average Bonchev–Trinajstić information content (AvgIpc) is 2.85. The summed E-state index contributed by atoms with van der Waals surface area (Å²) in [6, 6.07) is 0. The van der Waals surface area contributed by atoms with Gasteiger partial charge in [-0.2, -0.15) is 0 Å². The molecule has 102 valence electrons. The zero-order valence-electron chi connectivity index (χ0n) is 11.6. The van der Waals surface area contributed by atoms with E-state index in [2.05, 4.69) is 16.8 Å². The van der Waals surface area contributed by atoms with Gasteiger partial charge in [-0.3, -0.25) is 9.69 Å². The zero-order valence-corrected chi connectivity index (χ0v) is 11.6. The van der Waals surface area contributed by atoms with Crippen molar-refractivity contribution in [2.75, 3.05) is 45.8 Å². The molecule has 0 aliphatic carbocycles. The summed E-state index contributed by atoms with van der Waals surface area (Å²) < 4.78 is 0. The number of rotatable bonds is 5. The molecule has 18 heavy (non-hydrogen) atoms. The topological polar surface area (TPSA) is 35.6 Å². The number of amides is 1. The first-order valence-electron chi connectivity index (χ1n) is 6.95. The van der Waals surface area contributed by atoms with Crippen molar-refractivity contribution in [2.24, 2.45) is 11.8 Å². The predicted molar refractivity (Wildman–Crippen MR) is 73.4 cm³/mol. The van der Waals surface area contributed by atoms with E-state index in [1.165, 1.54) is 0 Å². The molecule has 2 aliphatic heterocycles. The number of nitrogens with zero attached hydrogens (tertiary/aromatic N) is 2. The van der Waals surface area contributed by atoms with Crippen LogP contribution >= 0.6 is 0 Å². The van der Waals surface area contributed by atoms with Gasteiger partial charge >= 0.3 is 0 Å². The molecule has 2 heterocycles. The largest absolute Gasteiger partial charge is 0.338 e. The summed E-state index contributed by atoms with van der Waals surface area (Å²) in [5.74, 6) is 1.76. The minimum Gasteiger partial charge on any atom is -0.338 e. The second-order valence-electron chi connectivity index (χ2n) is 5.74. The van der Waals surface area contributed by atoms with Gasteiger partial charge in [-0.25, -0.2) is 0 Å². The van der Waals surface area contributed by atoms with Crippen LogP contribution in [0.25, 0.3) is 0 Å². The van der Waals surface area contributed by atoms with Gasteiger partial charge in [-0.05, 0) is 38.8 Å². The van der Waals surface area contributed by atoms with Gasteiger partial charge in [0.1, 0.15) is 0 Å². The van der Waals surface area contributed by atoms with Crippen LogP contribution in [-0.2, 0) is 4.79 Å². The van der Waals surface area contributed by atoms with Gasteiger partial charge in [0.2, 0.25) is 5.91 Å². The molecule has 0 aromatic carbocycles. The Morgan fingerprint density at radius 3 is 2.50 bits per heavy atom. The minimum atomic E-state index is 0.244. The minimum absolute atomic E-state index is 0.244. The lowest BCUT2D eigenvalue weighted by atomic mass is 10.0. The van der Waals surface area contributed by atoms with Crippen molar-refractivity contribution in [3.63, 3.8) is 0 Å². The van der Waals surface area contributed by atoms with E-state index in [1.807, 2.05) is 18.7 Å². The molecule has 4 nitrogen and oxygen atoms in total.